The summed E-state index contributed by atoms with van der Waals surface area (Å²) in [4.78, 5) is 23.7. The molecule has 3 rings (SSSR count). The summed E-state index contributed by atoms with van der Waals surface area (Å²) in [5.41, 5.74) is 2.50. The van der Waals surface area contributed by atoms with Crippen LogP contribution in [-0.4, -0.2) is 30.6 Å². The second-order valence-corrected chi connectivity index (χ2v) is 7.28. The number of rotatable bonds is 7. The largest absolute Gasteiger partial charge is 0.490 e. The number of aryl methyl sites for hydroxylation is 1. The molecule has 2 aromatic rings. The number of Topliss-reactive ketones (excluding diaryl/α,β-unsaturated/α-hetero) is 1. The minimum absolute atomic E-state index is 0.0184. The lowest BCUT2D eigenvalue weighted by Gasteiger charge is -2.27. The number of hydrogen-bond donors (Lipinski definition) is 0. The Labute approximate surface area is 173 Å². The zero-order valence-electron chi connectivity index (χ0n) is 16.6. The molecule has 2 unspecified atom stereocenters. The molecular weight excluding hydrogens is 397 g/mol. The van der Waals surface area contributed by atoms with E-state index in [9.17, 15) is 22.8 Å². The molecule has 0 bridgehead atoms. The van der Waals surface area contributed by atoms with Gasteiger partial charge >= 0.3 is 12.1 Å². The molecule has 1 aliphatic heterocycles. The van der Waals surface area contributed by atoms with E-state index >= 15 is 0 Å². The molecule has 0 N–H and O–H groups in total. The Morgan fingerprint density at radius 2 is 1.87 bits per heavy atom. The Kier molecular flexibility index (Phi) is 6.80. The molecule has 30 heavy (non-hydrogen) atoms. The van der Waals surface area contributed by atoms with Crippen LogP contribution in [0, 0.1) is 5.92 Å². The number of alkyl halides is 3. The van der Waals surface area contributed by atoms with Crippen molar-refractivity contribution < 1.29 is 32.2 Å². The number of carbonyl (C=O) groups excluding carboxylic acids is 2. The normalized spacial score (nSPS) is 16.9. The number of fused-ring (bicyclic) bond motifs is 1. The van der Waals surface area contributed by atoms with Crippen molar-refractivity contribution in [3.8, 4) is 5.75 Å². The zero-order valence-corrected chi connectivity index (χ0v) is 16.6. The van der Waals surface area contributed by atoms with Gasteiger partial charge in [-0.05, 0) is 48.9 Å². The second-order valence-electron chi connectivity index (χ2n) is 7.28. The highest BCUT2D eigenvalue weighted by Crippen LogP contribution is 2.31. The number of halogens is 3. The van der Waals surface area contributed by atoms with Crippen LogP contribution in [0.25, 0.3) is 0 Å². The van der Waals surface area contributed by atoms with Gasteiger partial charge in [0.1, 0.15) is 17.8 Å². The molecule has 2 atom stereocenters. The van der Waals surface area contributed by atoms with Crippen molar-refractivity contribution in [2.75, 3.05) is 6.61 Å². The summed E-state index contributed by atoms with van der Waals surface area (Å²) in [6.07, 6.45) is -3.19. The van der Waals surface area contributed by atoms with E-state index in [4.69, 9.17) is 9.47 Å². The number of ketones is 1. The Hall–Kier alpha value is -2.83. The molecule has 0 fully saturated rings. The maximum atomic E-state index is 12.9. The van der Waals surface area contributed by atoms with Gasteiger partial charge in [0, 0.05) is 6.42 Å². The third-order valence-corrected chi connectivity index (χ3v) is 5.07. The quantitative estimate of drug-likeness (QED) is 0.490. The highest BCUT2D eigenvalue weighted by molar-refractivity contribution is 6.02. The summed E-state index contributed by atoms with van der Waals surface area (Å²) in [6.45, 7) is 1.39. The van der Waals surface area contributed by atoms with Crippen LogP contribution in [0.4, 0.5) is 13.2 Å². The van der Waals surface area contributed by atoms with Gasteiger partial charge in [-0.3, -0.25) is 9.59 Å². The number of esters is 1. The maximum Gasteiger partial charge on any atom is 0.450 e. The van der Waals surface area contributed by atoms with Gasteiger partial charge in [-0.15, -0.1) is 0 Å². The topological polar surface area (TPSA) is 52.6 Å². The molecule has 7 heteroatoms. The van der Waals surface area contributed by atoms with Crippen LogP contribution in [0.3, 0.4) is 0 Å². The van der Waals surface area contributed by atoms with E-state index in [1.54, 1.807) is 18.2 Å². The first-order chi connectivity index (χ1) is 14.3. The molecular formula is C23H23F3O4. The first-order valence-electron chi connectivity index (χ1n) is 9.88. The Bertz CT molecular complexity index is 893. The van der Waals surface area contributed by atoms with Crippen molar-refractivity contribution >= 4 is 11.8 Å². The van der Waals surface area contributed by atoms with Crippen molar-refractivity contribution in [3.05, 3.63) is 65.2 Å². The molecule has 0 aromatic heterocycles. The fraction of sp³-hybridized carbons (Fsp3) is 0.391. The first-order valence-corrected chi connectivity index (χ1v) is 9.88. The van der Waals surface area contributed by atoms with Gasteiger partial charge in [-0.2, -0.15) is 13.2 Å². The first kappa shape index (κ1) is 21.9. The van der Waals surface area contributed by atoms with Crippen LogP contribution in [0.15, 0.2) is 48.5 Å². The molecule has 1 heterocycles. The van der Waals surface area contributed by atoms with Gasteiger partial charge in [-0.25, -0.2) is 0 Å². The van der Waals surface area contributed by atoms with Crippen LogP contribution < -0.4 is 4.74 Å². The van der Waals surface area contributed by atoms with Crippen LogP contribution in [0.5, 0.6) is 5.75 Å². The summed E-state index contributed by atoms with van der Waals surface area (Å²) in [5.74, 6) is -4.46. The fourth-order valence-electron chi connectivity index (χ4n) is 3.60. The number of hydrogen-bond acceptors (Lipinski definition) is 4. The molecule has 0 saturated carbocycles. The van der Waals surface area contributed by atoms with Gasteiger partial charge < -0.3 is 9.47 Å². The van der Waals surface area contributed by atoms with Gasteiger partial charge in [0.15, 0.2) is 0 Å². The maximum absolute atomic E-state index is 12.9. The van der Waals surface area contributed by atoms with Crippen molar-refractivity contribution in [3.63, 3.8) is 0 Å². The summed E-state index contributed by atoms with van der Waals surface area (Å²) in [7, 11) is 0. The molecule has 1 aliphatic rings. The monoisotopic (exact) mass is 420 g/mol. The molecule has 160 valence electrons. The van der Waals surface area contributed by atoms with Gasteiger partial charge in [0.25, 0.3) is 5.78 Å². The lowest BCUT2D eigenvalue weighted by Crippen LogP contribution is -2.37. The molecule has 2 aromatic carbocycles. The number of ether oxygens (including phenoxy) is 2. The summed E-state index contributed by atoms with van der Waals surface area (Å²) in [6, 6.07) is 15.0. The smallest absolute Gasteiger partial charge is 0.450 e. The summed E-state index contributed by atoms with van der Waals surface area (Å²) < 4.78 is 49.5. The van der Waals surface area contributed by atoms with E-state index in [-0.39, 0.29) is 19.1 Å². The fourth-order valence-corrected chi connectivity index (χ4v) is 3.60. The second kappa shape index (κ2) is 9.32. The predicted molar refractivity (Wildman–Crippen MR) is 104 cm³/mol. The SMILES string of the molecule is CCOC(=O)C(Cc1ccc2c(c1)CCC(Cc1ccccc1)O2)C(=O)C(F)(F)F. The van der Waals surface area contributed by atoms with E-state index in [0.29, 0.717) is 17.7 Å². The highest BCUT2D eigenvalue weighted by Gasteiger charge is 2.46. The Balaban J connectivity index is 1.72. The van der Waals surface area contributed by atoms with Crippen molar-refractivity contribution in [2.24, 2.45) is 5.92 Å². The van der Waals surface area contributed by atoms with Gasteiger partial charge in [0.05, 0.1) is 6.61 Å². The summed E-state index contributed by atoms with van der Waals surface area (Å²) >= 11 is 0. The third kappa shape index (κ3) is 5.40. The molecule has 0 saturated heterocycles. The molecule has 0 radical (unpaired) electrons. The van der Waals surface area contributed by atoms with E-state index < -0.39 is 23.8 Å². The molecule has 0 amide bonds. The van der Waals surface area contributed by atoms with Crippen LogP contribution >= 0.6 is 0 Å². The lowest BCUT2D eigenvalue weighted by atomic mass is 9.91. The standard InChI is InChI=1S/C23H23F3O4/c1-2-29-22(28)19(21(27)23(24,25)26)14-16-8-11-20-17(12-16)9-10-18(30-20)13-15-6-4-3-5-7-15/h3-8,11-12,18-19H,2,9-10,13-14H2,1H3. The van der Waals surface area contributed by atoms with Crippen LogP contribution in [0.2, 0.25) is 0 Å². The van der Waals surface area contributed by atoms with Crippen molar-refractivity contribution in [1.82, 2.24) is 0 Å². The Morgan fingerprint density at radius 1 is 1.13 bits per heavy atom. The predicted octanol–water partition coefficient (Wildman–Crippen LogP) is 4.48. The van der Waals surface area contributed by atoms with Gasteiger partial charge in [-0.1, -0.05) is 42.5 Å². The average molecular weight is 420 g/mol. The third-order valence-electron chi connectivity index (χ3n) is 5.07. The minimum atomic E-state index is -5.10. The van der Waals surface area contributed by atoms with E-state index in [1.165, 1.54) is 12.5 Å². The van der Waals surface area contributed by atoms with Crippen LogP contribution in [0.1, 0.15) is 30.0 Å². The van der Waals surface area contributed by atoms with E-state index in [1.807, 2.05) is 30.3 Å². The van der Waals surface area contributed by atoms with Crippen LogP contribution in [-0.2, 0) is 33.6 Å². The zero-order chi connectivity index (χ0) is 21.7. The average Bonchev–Trinajstić information content (AvgIpc) is 2.71. The number of benzene rings is 2. The van der Waals surface area contributed by atoms with Crippen molar-refractivity contribution in [1.29, 1.82) is 0 Å². The minimum Gasteiger partial charge on any atom is -0.490 e. The molecule has 0 aliphatic carbocycles. The van der Waals surface area contributed by atoms with Crippen molar-refractivity contribution in [2.45, 2.75) is 44.9 Å². The van der Waals surface area contributed by atoms with E-state index in [2.05, 4.69) is 0 Å². The van der Waals surface area contributed by atoms with E-state index in [0.717, 1.165) is 18.4 Å². The summed E-state index contributed by atoms with van der Waals surface area (Å²) in [5, 5.41) is 0. The highest BCUT2D eigenvalue weighted by atomic mass is 19.4. The molecule has 0 spiro atoms. The number of carbonyl (C=O) groups is 2. The van der Waals surface area contributed by atoms with Gasteiger partial charge in [0.2, 0.25) is 0 Å². The Morgan fingerprint density at radius 3 is 2.53 bits per heavy atom. The lowest BCUT2D eigenvalue weighted by molar-refractivity contribution is -0.180. The molecule has 4 nitrogen and oxygen atoms in total.